The second-order valence-electron chi connectivity index (χ2n) is 5.35. The molecule has 104 valence electrons. The smallest absolute Gasteiger partial charge is 0.242 e. The molecule has 0 aromatic rings. The zero-order chi connectivity index (χ0) is 13.5. The van der Waals surface area contributed by atoms with Crippen LogP contribution in [0.4, 0.5) is 0 Å². The summed E-state index contributed by atoms with van der Waals surface area (Å²) in [4.78, 5) is 23.8. The third-order valence-electron chi connectivity index (χ3n) is 3.25. The van der Waals surface area contributed by atoms with E-state index in [1.165, 1.54) is 0 Å². The summed E-state index contributed by atoms with van der Waals surface area (Å²) < 4.78 is 0. The van der Waals surface area contributed by atoms with E-state index >= 15 is 0 Å². The van der Waals surface area contributed by atoms with Crippen molar-refractivity contribution in [1.82, 2.24) is 16.0 Å². The van der Waals surface area contributed by atoms with Gasteiger partial charge < -0.3 is 16.0 Å². The van der Waals surface area contributed by atoms with Gasteiger partial charge in [-0.05, 0) is 31.7 Å². The van der Waals surface area contributed by atoms with Crippen LogP contribution in [0.5, 0.6) is 0 Å². The summed E-state index contributed by atoms with van der Waals surface area (Å²) in [6, 6.07) is -0.413. The first-order valence-electron chi connectivity index (χ1n) is 6.77. The number of hydrogen-bond acceptors (Lipinski definition) is 3. The molecule has 0 spiro atoms. The van der Waals surface area contributed by atoms with Gasteiger partial charge in [0.1, 0.15) is 6.04 Å². The molecule has 1 rings (SSSR count). The number of hydrogen-bond donors (Lipinski definition) is 3. The highest BCUT2D eigenvalue weighted by molar-refractivity contribution is 5.88. The molecule has 0 bridgehead atoms. The Bertz CT molecular complexity index is 286. The maximum Gasteiger partial charge on any atom is 0.242 e. The fraction of sp³-hybridized carbons (Fsp3) is 0.846. The average Bonchev–Trinajstić information content (AvgIpc) is 2.37. The van der Waals surface area contributed by atoms with Crippen LogP contribution < -0.4 is 16.0 Å². The fourth-order valence-electron chi connectivity index (χ4n) is 2.24. The minimum Gasteiger partial charge on any atom is -0.357 e. The summed E-state index contributed by atoms with van der Waals surface area (Å²) in [5.41, 5.74) is 0. The van der Waals surface area contributed by atoms with Crippen LogP contribution in [0.15, 0.2) is 0 Å². The Morgan fingerprint density at radius 3 is 2.61 bits per heavy atom. The van der Waals surface area contributed by atoms with Crippen molar-refractivity contribution >= 4 is 11.8 Å². The number of likely N-dealkylation sites (N-methyl/N-ethyl adjacent to an activating group) is 1. The van der Waals surface area contributed by atoms with Crippen LogP contribution in [0.25, 0.3) is 0 Å². The molecule has 0 aromatic carbocycles. The first-order chi connectivity index (χ1) is 8.54. The highest BCUT2D eigenvalue weighted by atomic mass is 16.2. The van der Waals surface area contributed by atoms with Crippen LogP contribution in [-0.2, 0) is 9.59 Å². The molecule has 3 N–H and O–H groups in total. The lowest BCUT2D eigenvalue weighted by molar-refractivity contribution is -0.131. The largest absolute Gasteiger partial charge is 0.357 e. The molecule has 18 heavy (non-hydrogen) atoms. The molecule has 5 heteroatoms. The van der Waals surface area contributed by atoms with Gasteiger partial charge in [-0.1, -0.05) is 13.8 Å². The van der Waals surface area contributed by atoms with Crippen molar-refractivity contribution in [2.45, 2.75) is 39.2 Å². The Morgan fingerprint density at radius 1 is 1.39 bits per heavy atom. The van der Waals surface area contributed by atoms with Gasteiger partial charge in [-0.2, -0.15) is 0 Å². The second kappa shape index (κ2) is 7.36. The van der Waals surface area contributed by atoms with E-state index in [9.17, 15) is 9.59 Å². The van der Waals surface area contributed by atoms with Gasteiger partial charge >= 0.3 is 0 Å². The molecule has 1 heterocycles. The van der Waals surface area contributed by atoms with E-state index in [0.717, 1.165) is 19.4 Å². The SMILES string of the molecule is CNC(=O)C(CC(C)C)NC(=O)C1CCCNC1. The molecule has 0 aliphatic carbocycles. The maximum absolute atomic E-state index is 12.1. The van der Waals surface area contributed by atoms with Gasteiger partial charge in [0.25, 0.3) is 0 Å². The van der Waals surface area contributed by atoms with Crippen molar-refractivity contribution in [2.24, 2.45) is 11.8 Å². The zero-order valence-corrected chi connectivity index (χ0v) is 11.6. The molecule has 1 saturated heterocycles. The monoisotopic (exact) mass is 255 g/mol. The highest BCUT2D eigenvalue weighted by Crippen LogP contribution is 2.12. The summed E-state index contributed by atoms with van der Waals surface area (Å²) in [5, 5.41) is 8.70. The minimum atomic E-state index is -0.413. The van der Waals surface area contributed by atoms with Gasteiger partial charge in [0.05, 0.1) is 5.92 Å². The lowest BCUT2D eigenvalue weighted by atomic mass is 9.97. The number of carbonyl (C=O) groups is 2. The number of rotatable bonds is 5. The quantitative estimate of drug-likeness (QED) is 0.660. The molecule has 0 aromatic heterocycles. The molecular weight excluding hydrogens is 230 g/mol. The average molecular weight is 255 g/mol. The number of nitrogens with one attached hydrogen (secondary N) is 3. The fourth-order valence-corrected chi connectivity index (χ4v) is 2.24. The van der Waals surface area contributed by atoms with E-state index in [-0.39, 0.29) is 17.7 Å². The molecule has 5 nitrogen and oxygen atoms in total. The molecule has 1 aliphatic rings. The number of amides is 2. The van der Waals surface area contributed by atoms with E-state index in [4.69, 9.17) is 0 Å². The van der Waals surface area contributed by atoms with Crippen LogP contribution in [0.2, 0.25) is 0 Å². The van der Waals surface area contributed by atoms with Crippen LogP contribution >= 0.6 is 0 Å². The molecule has 1 aliphatic heterocycles. The van der Waals surface area contributed by atoms with Crippen LogP contribution in [0, 0.1) is 11.8 Å². The Labute approximate surface area is 109 Å². The standard InChI is InChI=1S/C13H25N3O2/c1-9(2)7-11(13(18)14-3)16-12(17)10-5-4-6-15-8-10/h9-11,15H,4-8H2,1-3H3,(H,14,18)(H,16,17). The topological polar surface area (TPSA) is 70.2 Å². The lowest BCUT2D eigenvalue weighted by Crippen LogP contribution is -2.50. The van der Waals surface area contributed by atoms with E-state index in [1.54, 1.807) is 7.05 Å². The Kier molecular flexibility index (Phi) is 6.12. The first kappa shape index (κ1) is 15.0. The Hall–Kier alpha value is -1.10. The third kappa shape index (κ3) is 4.64. The highest BCUT2D eigenvalue weighted by Gasteiger charge is 2.26. The summed E-state index contributed by atoms with van der Waals surface area (Å²) >= 11 is 0. The van der Waals surface area contributed by atoms with Crippen molar-refractivity contribution < 1.29 is 9.59 Å². The molecule has 2 atom stereocenters. The number of piperidine rings is 1. The van der Waals surface area contributed by atoms with Gasteiger partial charge in [-0.25, -0.2) is 0 Å². The zero-order valence-electron chi connectivity index (χ0n) is 11.6. The van der Waals surface area contributed by atoms with Gasteiger partial charge in [0.2, 0.25) is 11.8 Å². The van der Waals surface area contributed by atoms with E-state index < -0.39 is 6.04 Å². The molecule has 1 fully saturated rings. The van der Waals surface area contributed by atoms with Gasteiger partial charge in [-0.15, -0.1) is 0 Å². The minimum absolute atomic E-state index is 0.00179. The van der Waals surface area contributed by atoms with E-state index in [1.807, 2.05) is 13.8 Å². The maximum atomic E-state index is 12.1. The van der Waals surface area contributed by atoms with Crippen molar-refractivity contribution in [3.8, 4) is 0 Å². The Morgan fingerprint density at radius 2 is 2.11 bits per heavy atom. The van der Waals surface area contributed by atoms with Gasteiger partial charge in [-0.3, -0.25) is 9.59 Å². The summed E-state index contributed by atoms with van der Waals surface area (Å²) in [7, 11) is 1.60. The first-order valence-corrected chi connectivity index (χ1v) is 6.77. The normalized spacial score (nSPS) is 21.4. The third-order valence-corrected chi connectivity index (χ3v) is 3.25. The molecule has 2 amide bonds. The van der Waals surface area contributed by atoms with Gasteiger partial charge in [0, 0.05) is 13.6 Å². The Balaban J connectivity index is 2.52. The van der Waals surface area contributed by atoms with Crippen LogP contribution in [0.1, 0.15) is 33.1 Å². The van der Waals surface area contributed by atoms with Crippen molar-refractivity contribution in [3.05, 3.63) is 0 Å². The van der Waals surface area contributed by atoms with Crippen molar-refractivity contribution in [3.63, 3.8) is 0 Å². The van der Waals surface area contributed by atoms with Crippen LogP contribution in [0.3, 0.4) is 0 Å². The predicted octanol–water partition coefficient (Wildman–Crippen LogP) is 0.263. The lowest BCUT2D eigenvalue weighted by Gasteiger charge is -2.25. The van der Waals surface area contributed by atoms with Crippen molar-refractivity contribution in [2.75, 3.05) is 20.1 Å². The van der Waals surface area contributed by atoms with Gasteiger partial charge in [0.15, 0.2) is 0 Å². The summed E-state index contributed by atoms with van der Waals surface area (Å²) in [5.74, 6) is 0.257. The van der Waals surface area contributed by atoms with E-state index in [2.05, 4.69) is 16.0 Å². The van der Waals surface area contributed by atoms with Crippen molar-refractivity contribution in [1.29, 1.82) is 0 Å². The summed E-state index contributed by atoms with van der Waals surface area (Å²) in [6.45, 7) is 5.79. The molecular formula is C13H25N3O2. The van der Waals surface area contributed by atoms with Crippen LogP contribution in [-0.4, -0.2) is 38.0 Å². The number of carbonyl (C=O) groups excluding carboxylic acids is 2. The molecule has 2 unspecified atom stereocenters. The second-order valence-corrected chi connectivity index (χ2v) is 5.35. The predicted molar refractivity (Wildman–Crippen MR) is 71.0 cm³/mol. The van der Waals surface area contributed by atoms with E-state index in [0.29, 0.717) is 18.9 Å². The summed E-state index contributed by atoms with van der Waals surface area (Å²) in [6.07, 6.45) is 2.60. The molecule has 0 saturated carbocycles. The molecule has 0 radical (unpaired) electrons.